The fourth-order valence-electron chi connectivity index (χ4n) is 4.39. The van der Waals surface area contributed by atoms with E-state index in [-0.39, 0.29) is 24.9 Å². The van der Waals surface area contributed by atoms with Crippen molar-refractivity contribution in [2.45, 2.75) is 124 Å². The molecule has 0 aliphatic rings. The third kappa shape index (κ3) is 16.0. The molecule has 0 spiro atoms. The number of alkyl carbamates (subject to hydrolysis) is 2. The summed E-state index contributed by atoms with van der Waals surface area (Å²) in [6.07, 6.45) is -1.89. The quantitative estimate of drug-likeness (QED) is 0.248. The highest BCUT2D eigenvalue weighted by Gasteiger charge is 2.30. The van der Waals surface area contributed by atoms with Crippen molar-refractivity contribution in [2.24, 2.45) is 11.8 Å². The van der Waals surface area contributed by atoms with Gasteiger partial charge in [0.2, 0.25) is 0 Å². The molecular formula is C31H55N3O6. The summed E-state index contributed by atoms with van der Waals surface area (Å²) in [5.41, 5.74) is -0.302. The molecule has 0 bridgehead atoms. The predicted molar refractivity (Wildman–Crippen MR) is 159 cm³/mol. The van der Waals surface area contributed by atoms with Crippen LogP contribution >= 0.6 is 0 Å². The van der Waals surface area contributed by atoms with Gasteiger partial charge in [0.1, 0.15) is 11.2 Å². The lowest BCUT2D eigenvalue weighted by molar-refractivity contribution is 0.0147. The van der Waals surface area contributed by atoms with Gasteiger partial charge in [0.15, 0.2) is 0 Å². The van der Waals surface area contributed by atoms with E-state index in [9.17, 15) is 19.8 Å². The van der Waals surface area contributed by atoms with E-state index in [0.717, 1.165) is 5.56 Å². The van der Waals surface area contributed by atoms with Crippen molar-refractivity contribution >= 4 is 12.2 Å². The first-order valence-corrected chi connectivity index (χ1v) is 14.5. The van der Waals surface area contributed by atoms with Crippen molar-refractivity contribution in [3.05, 3.63) is 35.9 Å². The Morgan fingerprint density at radius 1 is 0.750 bits per heavy atom. The Kier molecular flexibility index (Phi) is 14.4. The smallest absolute Gasteiger partial charge is 0.407 e. The number of ether oxygens (including phenoxy) is 2. The number of amides is 2. The Labute approximate surface area is 242 Å². The summed E-state index contributed by atoms with van der Waals surface area (Å²) in [4.78, 5) is 27.1. The second-order valence-electron chi connectivity index (χ2n) is 13.6. The summed E-state index contributed by atoms with van der Waals surface area (Å²) in [5.74, 6) is 0.437. The van der Waals surface area contributed by atoms with E-state index in [4.69, 9.17) is 9.47 Å². The zero-order valence-electron chi connectivity index (χ0n) is 26.4. The van der Waals surface area contributed by atoms with Crippen LogP contribution in [0.1, 0.15) is 87.6 Å². The Bertz CT molecular complexity index is 827. The highest BCUT2D eigenvalue weighted by molar-refractivity contribution is 5.68. The summed E-state index contributed by atoms with van der Waals surface area (Å²) in [5, 5.41) is 28.4. The van der Waals surface area contributed by atoms with Gasteiger partial charge in [-0.2, -0.15) is 0 Å². The highest BCUT2D eigenvalue weighted by Crippen LogP contribution is 2.17. The first-order valence-electron chi connectivity index (χ1n) is 14.5. The number of benzene rings is 1. The maximum Gasteiger partial charge on any atom is 0.407 e. The zero-order valence-corrected chi connectivity index (χ0v) is 26.4. The number of hydrogen-bond donors (Lipinski definition) is 4. The maximum atomic E-state index is 12.6. The standard InChI is InChI=1S/C31H55N3O6/c1-21(2)16-24(32-28(37)39-30(5,6)7)26(35)19-34(18-23-14-12-11-13-15-23)20-27(36)25(17-22(3)4)33-29(38)40-31(8,9)10/h11-15,21-22,24-27,35-36H,16-20H2,1-10H3,(H,32,37)(H,33,38)/t24-,25-,26?,27?/m0/s1. The zero-order chi connectivity index (χ0) is 30.7. The third-order valence-corrected chi connectivity index (χ3v) is 5.92. The first kappa shape index (κ1) is 35.7. The van der Waals surface area contributed by atoms with E-state index in [1.54, 1.807) is 41.5 Å². The second-order valence-corrected chi connectivity index (χ2v) is 13.6. The van der Waals surface area contributed by atoms with Crippen molar-refractivity contribution in [3.8, 4) is 0 Å². The SMILES string of the molecule is CC(C)C[C@H](NC(=O)OC(C)(C)C)C(O)CN(Cc1ccccc1)CC(O)[C@H](CC(C)C)NC(=O)OC(C)(C)C. The second kappa shape index (κ2) is 16.2. The van der Waals surface area contributed by atoms with Gasteiger partial charge in [0.25, 0.3) is 0 Å². The van der Waals surface area contributed by atoms with Crippen LogP contribution in [-0.4, -0.2) is 75.9 Å². The molecule has 0 saturated carbocycles. The molecule has 2 amide bonds. The molecule has 9 heteroatoms. The van der Waals surface area contributed by atoms with Crippen LogP contribution < -0.4 is 10.6 Å². The Hall–Kier alpha value is -2.36. The average molecular weight is 566 g/mol. The summed E-state index contributed by atoms with van der Waals surface area (Å²) in [6.45, 7) is 19.7. The number of nitrogens with zero attached hydrogens (tertiary/aromatic N) is 1. The Balaban J connectivity index is 3.14. The van der Waals surface area contributed by atoms with Crippen LogP contribution in [0, 0.1) is 11.8 Å². The molecule has 2 unspecified atom stereocenters. The molecule has 0 aromatic heterocycles. The number of hydrogen-bond acceptors (Lipinski definition) is 7. The predicted octanol–water partition coefficient (Wildman–Crippen LogP) is 5.09. The summed E-state index contributed by atoms with van der Waals surface area (Å²) in [7, 11) is 0. The van der Waals surface area contributed by atoms with Gasteiger partial charge in [-0.25, -0.2) is 9.59 Å². The van der Waals surface area contributed by atoms with Gasteiger partial charge < -0.3 is 30.3 Å². The largest absolute Gasteiger partial charge is 0.444 e. The molecule has 4 atom stereocenters. The van der Waals surface area contributed by atoms with E-state index in [2.05, 4.69) is 10.6 Å². The summed E-state index contributed by atoms with van der Waals surface area (Å²) in [6, 6.07) is 8.70. The number of carbonyl (C=O) groups is 2. The fraction of sp³-hybridized carbons (Fsp3) is 0.742. The van der Waals surface area contributed by atoms with Crippen LogP contribution in [0.4, 0.5) is 9.59 Å². The van der Waals surface area contributed by atoms with E-state index in [1.165, 1.54) is 0 Å². The molecule has 0 heterocycles. The molecule has 4 N–H and O–H groups in total. The monoisotopic (exact) mass is 565 g/mol. The van der Waals surface area contributed by atoms with Crippen molar-refractivity contribution < 1.29 is 29.3 Å². The van der Waals surface area contributed by atoms with Crippen LogP contribution in [0.15, 0.2) is 30.3 Å². The van der Waals surface area contributed by atoms with E-state index in [1.807, 2.05) is 62.9 Å². The molecule has 1 aromatic carbocycles. The molecule has 0 fully saturated rings. The highest BCUT2D eigenvalue weighted by atomic mass is 16.6. The van der Waals surface area contributed by atoms with Gasteiger partial charge in [0.05, 0.1) is 24.3 Å². The number of aliphatic hydroxyl groups excluding tert-OH is 2. The summed E-state index contributed by atoms with van der Waals surface area (Å²) < 4.78 is 10.9. The van der Waals surface area contributed by atoms with Crippen LogP contribution in [-0.2, 0) is 16.0 Å². The molecule has 1 rings (SSSR count). The van der Waals surface area contributed by atoms with E-state index >= 15 is 0 Å². The van der Waals surface area contributed by atoms with Gasteiger partial charge in [0, 0.05) is 19.6 Å². The first-order chi connectivity index (χ1) is 18.3. The molecule has 40 heavy (non-hydrogen) atoms. The third-order valence-electron chi connectivity index (χ3n) is 5.92. The molecule has 0 saturated heterocycles. The minimum atomic E-state index is -0.923. The van der Waals surface area contributed by atoms with Gasteiger partial charge in [-0.05, 0) is 71.8 Å². The van der Waals surface area contributed by atoms with Crippen LogP contribution in [0.2, 0.25) is 0 Å². The molecule has 1 aromatic rings. The van der Waals surface area contributed by atoms with Gasteiger partial charge in [-0.1, -0.05) is 58.0 Å². The lowest BCUT2D eigenvalue weighted by atomic mass is 9.97. The average Bonchev–Trinajstić information content (AvgIpc) is 2.75. The van der Waals surface area contributed by atoms with E-state index < -0.39 is 47.7 Å². The summed E-state index contributed by atoms with van der Waals surface area (Å²) >= 11 is 0. The van der Waals surface area contributed by atoms with E-state index in [0.29, 0.717) is 19.4 Å². The molecule has 0 aliphatic carbocycles. The van der Waals surface area contributed by atoms with Crippen molar-refractivity contribution in [2.75, 3.05) is 13.1 Å². The minimum Gasteiger partial charge on any atom is -0.444 e. The number of rotatable bonds is 14. The minimum absolute atomic E-state index is 0.194. The fourth-order valence-corrected chi connectivity index (χ4v) is 4.39. The van der Waals surface area contributed by atoms with Crippen molar-refractivity contribution in [3.63, 3.8) is 0 Å². The Morgan fingerprint density at radius 2 is 1.12 bits per heavy atom. The molecule has 9 nitrogen and oxygen atoms in total. The molecule has 0 radical (unpaired) electrons. The lowest BCUT2D eigenvalue weighted by Crippen LogP contribution is -2.53. The van der Waals surface area contributed by atoms with Gasteiger partial charge >= 0.3 is 12.2 Å². The lowest BCUT2D eigenvalue weighted by Gasteiger charge is -2.34. The maximum absolute atomic E-state index is 12.6. The molecule has 230 valence electrons. The number of nitrogens with one attached hydrogen (secondary N) is 2. The topological polar surface area (TPSA) is 120 Å². The van der Waals surface area contributed by atoms with Crippen LogP contribution in [0.3, 0.4) is 0 Å². The normalized spacial score (nSPS) is 15.5. The van der Waals surface area contributed by atoms with Crippen molar-refractivity contribution in [1.29, 1.82) is 0 Å². The van der Waals surface area contributed by atoms with Gasteiger partial charge in [-0.15, -0.1) is 0 Å². The van der Waals surface area contributed by atoms with Crippen LogP contribution in [0.25, 0.3) is 0 Å². The number of aliphatic hydroxyl groups is 2. The number of carbonyl (C=O) groups excluding carboxylic acids is 2. The Morgan fingerprint density at radius 3 is 1.45 bits per heavy atom. The molecule has 0 aliphatic heterocycles. The molecular weight excluding hydrogens is 510 g/mol. The van der Waals surface area contributed by atoms with Gasteiger partial charge in [-0.3, -0.25) is 4.90 Å². The van der Waals surface area contributed by atoms with Crippen LogP contribution in [0.5, 0.6) is 0 Å². The van der Waals surface area contributed by atoms with Crippen molar-refractivity contribution in [1.82, 2.24) is 15.5 Å².